The Morgan fingerprint density at radius 1 is 1.40 bits per heavy atom. The maximum atomic E-state index is 11.6. The molecule has 1 aromatic heterocycles. The van der Waals surface area contributed by atoms with Gasteiger partial charge in [-0.25, -0.2) is 0 Å². The molecule has 0 radical (unpaired) electrons. The van der Waals surface area contributed by atoms with Crippen LogP contribution in [-0.2, 0) is 11.2 Å². The SMILES string of the molecule is CC(C)(C)CCC(=O)Cc1cccnc1. The van der Waals surface area contributed by atoms with Crippen molar-refractivity contribution in [3.8, 4) is 0 Å². The molecule has 82 valence electrons. The number of rotatable bonds is 4. The van der Waals surface area contributed by atoms with Crippen molar-refractivity contribution in [3.05, 3.63) is 30.1 Å². The maximum Gasteiger partial charge on any atom is 0.137 e. The average Bonchev–Trinajstić information content (AvgIpc) is 2.15. The van der Waals surface area contributed by atoms with Crippen molar-refractivity contribution in [2.45, 2.75) is 40.0 Å². The zero-order valence-corrected chi connectivity index (χ0v) is 9.79. The van der Waals surface area contributed by atoms with Crippen LogP contribution >= 0.6 is 0 Å². The van der Waals surface area contributed by atoms with Gasteiger partial charge in [-0.05, 0) is 23.5 Å². The van der Waals surface area contributed by atoms with Crippen LogP contribution < -0.4 is 0 Å². The molecule has 0 bridgehead atoms. The molecule has 2 heteroatoms. The van der Waals surface area contributed by atoms with E-state index in [2.05, 4.69) is 25.8 Å². The third kappa shape index (κ3) is 5.31. The molecule has 0 fully saturated rings. The molecule has 0 saturated heterocycles. The van der Waals surface area contributed by atoms with Gasteiger partial charge in [0.2, 0.25) is 0 Å². The van der Waals surface area contributed by atoms with Gasteiger partial charge in [-0.3, -0.25) is 9.78 Å². The van der Waals surface area contributed by atoms with Crippen LogP contribution in [0.4, 0.5) is 0 Å². The largest absolute Gasteiger partial charge is 0.299 e. The molecular weight excluding hydrogens is 186 g/mol. The topological polar surface area (TPSA) is 30.0 Å². The highest BCUT2D eigenvalue weighted by atomic mass is 16.1. The summed E-state index contributed by atoms with van der Waals surface area (Å²) in [5.74, 6) is 0.304. The Labute approximate surface area is 91.7 Å². The van der Waals surface area contributed by atoms with E-state index in [0.717, 1.165) is 12.0 Å². The lowest BCUT2D eigenvalue weighted by atomic mass is 9.89. The van der Waals surface area contributed by atoms with Crippen LogP contribution in [0, 0.1) is 5.41 Å². The van der Waals surface area contributed by atoms with Crippen molar-refractivity contribution in [1.82, 2.24) is 4.98 Å². The first kappa shape index (κ1) is 11.9. The number of carbonyl (C=O) groups excluding carboxylic acids is 1. The number of ketones is 1. The summed E-state index contributed by atoms with van der Waals surface area (Å²) in [5.41, 5.74) is 1.25. The van der Waals surface area contributed by atoms with E-state index in [4.69, 9.17) is 0 Å². The van der Waals surface area contributed by atoms with Crippen molar-refractivity contribution in [2.75, 3.05) is 0 Å². The standard InChI is InChI=1S/C13H19NO/c1-13(2,3)7-6-12(15)9-11-5-4-8-14-10-11/h4-5,8,10H,6-7,9H2,1-3H3. The van der Waals surface area contributed by atoms with Gasteiger partial charge in [0.15, 0.2) is 0 Å². The summed E-state index contributed by atoms with van der Waals surface area (Å²) in [7, 11) is 0. The van der Waals surface area contributed by atoms with Gasteiger partial charge in [0, 0.05) is 25.2 Å². The van der Waals surface area contributed by atoms with E-state index < -0.39 is 0 Å². The summed E-state index contributed by atoms with van der Waals surface area (Å²) in [6, 6.07) is 3.81. The van der Waals surface area contributed by atoms with Crippen LogP contribution in [0.1, 0.15) is 39.2 Å². The average molecular weight is 205 g/mol. The lowest BCUT2D eigenvalue weighted by molar-refractivity contribution is -0.118. The molecule has 0 atom stereocenters. The second kappa shape index (κ2) is 5.06. The smallest absolute Gasteiger partial charge is 0.137 e. The van der Waals surface area contributed by atoms with Crippen LogP contribution in [0.3, 0.4) is 0 Å². The first-order chi connectivity index (χ1) is 6.97. The normalized spacial score (nSPS) is 11.4. The number of pyridine rings is 1. The van der Waals surface area contributed by atoms with Crippen molar-refractivity contribution in [3.63, 3.8) is 0 Å². The van der Waals surface area contributed by atoms with Crippen LogP contribution in [0.2, 0.25) is 0 Å². The number of aromatic nitrogens is 1. The number of Topliss-reactive ketones (excluding diaryl/α,β-unsaturated/α-hetero) is 1. The lowest BCUT2D eigenvalue weighted by Crippen LogP contribution is -2.10. The Bertz CT molecular complexity index is 311. The first-order valence-corrected chi connectivity index (χ1v) is 5.38. The molecule has 1 heterocycles. The molecule has 0 unspecified atom stereocenters. The second-order valence-corrected chi connectivity index (χ2v) is 5.14. The Kier molecular flexibility index (Phi) is 4.01. The van der Waals surface area contributed by atoms with Crippen molar-refractivity contribution < 1.29 is 4.79 Å². The molecule has 15 heavy (non-hydrogen) atoms. The van der Waals surface area contributed by atoms with Crippen LogP contribution in [0.15, 0.2) is 24.5 Å². The number of hydrogen-bond acceptors (Lipinski definition) is 2. The predicted molar refractivity (Wildman–Crippen MR) is 61.6 cm³/mol. The molecule has 0 aliphatic heterocycles. The van der Waals surface area contributed by atoms with Crippen molar-refractivity contribution >= 4 is 5.78 Å². The Balaban J connectivity index is 2.38. The minimum absolute atomic E-state index is 0.241. The molecule has 0 saturated carbocycles. The zero-order chi connectivity index (χ0) is 11.3. The molecular formula is C13H19NO. The minimum atomic E-state index is 0.241. The predicted octanol–water partition coefficient (Wildman–Crippen LogP) is 3.02. The summed E-state index contributed by atoms with van der Waals surface area (Å²) < 4.78 is 0. The van der Waals surface area contributed by atoms with Crippen LogP contribution in [-0.4, -0.2) is 10.8 Å². The van der Waals surface area contributed by atoms with Crippen LogP contribution in [0.5, 0.6) is 0 Å². The van der Waals surface area contributed by atoms with Gasteiger partial charge >= 0.3 is 0 Å². The highest BCUT2D eigenvalue weighted by Gasteiger charge is 2.12. The fourth-order valence-corrected chi connectivity index (χ4v) is 1.33. The highest BCUT2D eigenvalue weighted by molar-refractivity contribution is 5.80. The molecule has 0 amide bonds. The van der Waals surface area contributed by atoms with E-state index in [-0.39, 0.29) is 5.41 Å². The van der Waals surface area contributed by atoms with E-state index in [9.17, 15) is 4.79 Å². The highest BCUT2D eigenvalue weighted by Crippen LogP contribution is 2.21. The van der Waals surface area contributed by atoms with E-state index in [1.807, 2.05) is 12.1 Å². The summed E-state index contributed by atoms with van der Waals surface area (Å²) in [6.45, 7) is 6.47. The fourth-order valence-electron chi connectivity index (χ4n) is 1.33. The molecule has 2 nitrogen and oxygen atoms in total. The number of nitrogens with zero attached hydrogens (tertiary/aromatic N) is 1. The lowest BCUT2D eigenvalue weighted by Gasteiger charge is -2.16. The van der Waals surface area contributed by atoms with Crippen molar-refractivity contribution in [1.29, 1.82) is 0 Å². The third-order valence-corrected chi connectivity index (χ3v) is 2.28. The maximum absolute atomic E-state index is 11.6. The van der Waals surface area contributed by atoms with Crippen LogP contribution in [0.25, 0.3) is 0 Å². The molecule has 0 aliphatic rings. The van der Waals surface area contributed by atoms with E-state index >= 15 is 0 Å². The van der Waals surface area contributed by atoms with Gasteiger partial charge in [-0.15, -0.1) is 0 Å². The number of carbonyl (C=O) groups is 1. The Morgan fingerprint density at radius 3 is 2.67 bits per heavy atom. The zero-order valence-electron chi connectivity index (χ0n) is 9.79. The first-order valence-electron chi connectivity index (χ1n) is 5.38. The van der Waals surface area contributed by atoms with Gasteiger partial charge in [-0.1, -0.05) is 26.8 Å². The summed E-state index contributed by atoms with van der Waals surface area (Å²) in [4.78, 5) is 15.6. The second-order valence-electron chi connectivity index (χ2n) is 5.14. The minimum Gasteiger partial charge on any atom is -0.299 e. The Hall–Kier alpha value is -1.18. The summed E-state index contributed by atoms with van der Waals surface area (Å²) >= 11 is 0. The Morgan fingerprint density at radius 2 is 2.13 bits per heavy atom. The molecule has 1 aromatic rings. The van der Waals surface area contributed by atoms with Gasteiger partial charge < -0.3 is 0 Å². The summed E-state index contributed by atoms with van der Waals surface area (Å²) in [6.07, 6.45) is 5.62. The molecule has 0 aliphatic carbocycles. The van der Waals surface area contributed by atoms with Gasteiger partial charge in [0.25, 0.3) is 0 Å². The van der Waals surface area contributed by atoms with E-state index in [1.165, 1.54) is 0 Å². The summed E-state index contributed by atoms with van der Waals surface area (Å²) in [5, 5.41) is 0. The van der Waals surface area contributed by atoms with Gasteiger partial charge in [0.05, 0.1) is 0 Å². The monoisotopic (exact) mass is 205 g/mol. The quantitative estimate of drug-likeness (QED) is 0.756. The fraction of sp³-hybridized carbons (Fsp3) is 0.538. The molecule has 0 aromatic carbocycles. The van der Waals surface area contributed by atoms with E-state index in [0.29, 0.717) is 18.6 Å². The molecule has 0 N–H and O–H groups in total. The molecule has 0 spiro atoms. The molecule has 1 rings (SSSR count). The van der Waals surface area contributed by atoms with E-state index in [1.54, 1.807) is 12.4 Å². The van der Waals surface area contributed by atoms with Gasteiger partial charge in [-0.2, -0.15) is 0 Å². The third-order valence-electron chi connectivity index (χ3n) is 2.28. The van der Waals surface area contributed by atoms with Gasteiger partial charge in [0.1, 0.15) is 5.78 Å². The number of hydrogen-bond donors (Lipinski definition) is 0. The van der Waals surface area contributed by atoms with Crippen molar-refractivity contribution in [2.24, 2.45) is 5.41 Å².